The number of nitrogens with zero attached hydrogens (tertiary/aromatic N) is 2. The number of rotatable bonds is 2. The molecule has 1 aromatic carbocycles. The molecule has 0 bridgehead atoms. The Kier molecular flexibility index (Phi) is 2.59. The van der Waals surface area contributed by atoms with Crippen molar-refractivity contribution in [3.8, 4) is 11.3 Å². The SMILES string of the molecule is Cc1ccc(-c2nc(C3CC3)n(C)c2N)cc1Cl. The number of halogens is 1. The first-order valence-electron chi connectivity index (χ1n) is 6.16. The number of nitrogen functional groups attached to an aromatic ring is 1. The standard InChI is InChI=1S/C14H16ClN3/c1-8-3-4-10(7-11(8)15)12-13(16)18(2)14(17-12)9-5-6-9/h3-4,7,9H,5-6,16H2,1-2H3. The van der Waals surface area contributed by atoms with Gasteiger partial charge in [0.2, 0.25) is 0 Å². The molecule has 0 saturated heterocycles. The Morgan fingerprint density at radius 2 is 2.11 bits per heavy atom. The Bertz CT molecular complexity index is 612. The van der Waals surface area contributed by atoms with Gasteiger partial charge in [-0.2, -0.15) is 0 Å². The Morgan fingerprint density at radius 3 is 2.72 bits per heavy atom. The second-order valence-electron chi connectivity index (χ2n) is 5.00. The first-order valence-corrected chi connectivity index (χ1v) is 6.54. The summed E-state index contributed by atoms with van der Waals surface area (Å²) in [7, 11) is 1.98. The predicted octanol–water partition coefficient (Wildman–Crippen LogP) is 3.51. The maximum Gasteiger partial charge on any atom is 0.131 e. The summed E-state index contributed by atoms with van der Waals surface area (Å²) >= 11 is 6.16. The minimum atomic E-state index is 0.590. The van der Waals surface area contributed by atoms with Crippen LogP contribution in [0.25, 0.3) is 11.3 Å². The van der Waals surface area contributed by atoms with E-state index in [1.165, 1.54) is 12.8 Å². The molecule has 2 aromatic rings. The third-order valence-corrected chi connectivity index (χ3v) is 3.97. The Balaban J connectivity index is 2.10. The van der Waals surface area contributed by atoms with Gasteiger partial charge in [-0.1, -0.05) is 23.7 Å². The maximum atomic E-state index is 6.16. The summed E-state index contributed by atoms with van der Waals surface area (Å²) in [6, 6.07) is 5.96. The van der Waals surface area contributed by atoms with Crippen LogP contribution in [0.5, 0.6) is 0 Å². The Hall–Kier alpha value is -1.48. The van der Waals surface area contributed by atoms with Crippen LogP contribution in [0.4, 0.5) is 5.82 Å². The zero-order valence-corrected chi connectivity index (χ0v) is 11.3. The van der Waals surface area contributed by atoms with Crippen molar-refractivity contribution in [1.29, 1.82) is 0 Å². The normalized spacial score (nSPS) is 15.1. The van der Waals surface area contributed by atoms with Gasteiger partial charge < -0.3 is 10.3 Å². The zero-order valence-electron chi connectivity index (χ0n) is 10.6. The summed E-state index contributed by atoms with van der Waals surface area (Å²) in [6.45, 7) is 1.99. The fourth-order valence-corrected chi connectivity index (χ4v) is 2.37. The molecule has 4 heteroatoms. The lowest BCUT2D eigenvalue weighted by atomic mass is 10.1. The lowest BCUT2D eigenvalue weighted by Crippen LogP contribution is -2.00. The number of imidazole rings is 1. The zero-order chi connectivity index (χ0) is 12.9. The smallest absolute Gasteiger partial charge is 0.131 e. The average molecular weight is 262 g/mol. The summed E-state index contributed by atoms with van der Waals surface area (Å²) in [4.78, 5) is 4.69. The van der Waals surface area contributed by atoms with Gasteiger partial charge in [0.1, 0.15) is 17.3 Å². The lowest BCUT2D eigenvalue weighted by molar-refractivity contribution is 0.807. The van der Waals surface area contributed by atoms with Crippen LogP contribution < -0.4 is 5.73 Å². The number of nitrogens with two attached hydrogens (primary N) is 1. The summed E-state index contributed by atoms with van der Waals surface area (Å²) in [5.41, 5.74) is 9.05. The molecule has 1 fully saturated rings. The third-order valence-electron chi connectivity index (χ3n) is 3.56. The highest BCUT2D eigenvalue weighted by Crippen LogP contribution is 2.41. The Labute approximate surface area is 112 Å². The molecule has 0 radical (unpaired) electrons. The minimum Gasteiger partial charge on any atom is -0.383 e. The Morgan fingerprint density at radius 1 is 1.39 bits per heavy atom. The number of anilines is 1. The van der Waals surface area contributed by atoms with E-state index in [1.807, 2.05) is 36.7 Å². The van der Waals surface area contributed by atoms with Crippen molar-refractivity contribution in [2.24, 2.45) is 7.05 Å². The average Bonchev–Trinajstić information content (AvgIpc) is 3.13. The largest absolute Gasteiger partial charge is 0.383 e. The van der Waals surface area contributed by atoms with Gasteiger partial charge in [-0.05, 0) is 31.4 Å². The van der Waals surface area contributed by atoms with Crippen molar-refractivity contribution in [2.75, 3.05) is 5.73 Å². The summed E-state index contributed by atoms with van der Waals surface area (Å²) in [5, 5.41) is 0.755. The van der Waals surface area contributed by atoms with Gasteiger partial charge in [-0.15, -0.1) is 0 Å². The topological polar surface area (TPSA) is 43.8 Å². The minimum absolute atomic E-state index is 0.590. The molecule has 94 valence electrons. The van der Waals surface area contributed by atoms with Crippen molar-refractivity contribution in [2.45, 2.75) is 25.7 Å². The van der Waals surface area contributed by atoms with Crippen molar-refractivity contribution in [1.82, 2.24) is 9.55 Å². The van der Waals surface area contributed by atoms with Gasteiger partial charge in [0.15, 0.2) is 0 Å². The fourth-order valence-electron chi connectivity index (χ4n) is 2.19. The first kappa shape index (κ1) is 11.6. The molecular formula is C14H16ClN3. The van der Waals surface area contributed by atoms with Crippen molar-refractivity contribution < 1.29 is 0 Å². The highest BCUT2D eigenvalue weighted by atomic mass is 35.5. The lowest BCUT2D eigenvalue weighted by Gasteiger charge is -2.03. The molecule has 0 atom stereocenters. The molecule has 18 heavy (non-hydrogen) atoms. The molecular weight excluding hydrogens is 246 g/mol. The van der Waals surface area contributed by atoms with E-state index in [1.54, 1.807) is 0 Å². The van der Waals surface area contributed by atoms with E-state index in [9.17, 15) is 0 Å². The van der Waals surface area contributed by atoms with E-state index in [2.05, 4.69) is 0 Å². The predicted molar refractivity (Wildman–Crippen MR) is 74.8 cm³/mol. The molecule has 1 aliphatic carbocycles. The quantitative estimate of drug-likeness (QED) is 0.899. The molecule has 0 unspecified atom stereocenters. The van der Waals surface area contributed by atoms with E-state index in [-0.39, 0.29) is 0 Å². The molecule has 1 heterocycles. The van der Waals surface area contributed by atoms with Crippen LogP contribution in [0.1, 0.15) is 30.1 Å². The molecule has 0 amide bonds. The van der Waals surface area contributed by atoms with E-state index in [0.717, 1.165) is 33.5 Å². The molecule has 3 rings (SSSR count). The van der Waals surface area contributed by atoms with Crippen molar-refractivity contribution >= 4 is 17.4 Å². The van der Waals surface area contributed by atoms with E-state index < -0.39 is 0 Å². The second-order valence-corrected chi connectivity index (χ2v) is 5.41. The van der Waals surface area contributed by atoms with Crippen molar-refractivity contribution in [3.63, 3.8) is 0 Å². The molecule has 2 N–H and O–H groups in total. The van der Waals surface area contributed by atoms with Gasteiger partial charge in [-0.25, -0.2) is 4.98 Å². The fraction of sp³-hybridized carbons (Fsp3) is 0.357. The highest BCUT2D eigenvalue weighted by Gasteiger charge is 2.29. The van der Waals surface area contributed by atoms with Crippen LogP contribution in [0.2, 0.25) is 5.02 Å². The summed E-state index contributed by atoms with van der Waals surface area (Å²) < 4.78 is 2.00. The number of hydrogen-bond donors (Lipinski definition) is 1. The molecule has 0 aliphatic heterocycles. The van der Waals surface area contributed by atoms with Crippen LogP contribution in [0, 0.1) is 6.92 Å². The van der Waals surface area contributed by atoms with Crippen LogP contribution in [-0.2, 0) is 7.05 Å². The summed E-state index contributed by atoms with van der Waals surface area (Å²) in [5.74, 6) is 2.41. The summed E-state index contributed by atoms with van der Waals surface area (Å²) in [6.07, 6.45) is 2.44. The van der Waals surface area contributed by atoms with Crippen LogP contribution >= 0.6 is 11.6 Å². The van der Waals surface area contributed by atoms with Gasteiger partial charge in [-0.3, -0.25) is 0 Å². The van der Waals surface area contributed by atoms with E-state index in [4.69, 9.17) is 22.3 Å². The molecule has 1 aromatic heterocycles. The molecule has 3 nitrogen and oxygen atoms in total. The van der Waals surface area contributed by atoms with Crippen LogP contribution in [-0.4, -0.2) is 9.55 Å². The van der Waals surface area contributed by atoms with Crippen LogP contribution in [0.3, 0.4) is 0 Å². The highest BCUT2D eigenvalue weighted by molar-refractivity contribution is 6.31. The second kappa shape index (κ2) is 4.02. The van der Waals surface area contributed by atoms with E-state index in [0.29, 0.717) is 5.92 Å². The first-order chi connectivity index (χ1) is 8.58. The van der Waals surface area contributed by atoms with Crippen LogP contribution in [0.15, 0.2) is 18.2 Å². The number of aromatic nitrogens is 2. The number of benzene rings is 1. The van der Waals surface area contributed by atoms with Gasteiger partial charge >= 0.3 is 0 Å². The third kappa shape index (κ3) is 1.79. The van der Waals surface area contributed by atoms with Crippen molar-refractivity contribution in [3.05, 3.63) is 34.6 Å². The number of hydrogen-bond acceptors (Lipinski definition) is 2. The molecule has 0 spiro atoms. The van der Waals surface area contributed by atoms with E-state index >= 15 is 0 Å². The van der Waals surface area contributed by atoms with Gasteiger partial charge in [0, 0.05) is 23.6 Å². The monoisotopic (exact) mass is 261 g/mol. The van der Waals surface area contributed by atoms with Gasteiger partial charge in [0.25, 0.3) is 0 Å². The molecule has 1 saturated carbocycles. The number of aryl methyl sites for hydroxylation is 1. The van der Waals surface area contributed by atoms with Gasteiger partial charge in [0.05, 0.1) is 0 Å². The maximum absolute atomic E-state index is 6.16. The molecule has 1 aliphatic rings.